The van der Waals surface area contributed by atoms with E-state index in [2.05, 4.69) is 17.6 Å². The van der Waals surface area contributed by atoms with Gasteiger partial charge in [-0.1, -0.05) is 31.2 Å². The number of carbonyl (C=O) groups is 1. The highest BCUT2D eigenvalue weighted by molar-refractivity contribution is 7.13. The Bertz CT molecular complexity index is 902. The van der Waals surface area contributed by atoms with Gasteiger partial charge < -0.3 is 10.6 Å². The molecule has 0 bridgehead atoms. The van der Waals surface area contributed by atoms with Crippen LogP contribution in [0.15, 0.2) is 54.0 Å². The van der Waals surface area contributed by atoms with E-state index in [-0.39, 0.29) is 23.7 Å². The highest BCUT2D eigenvalue weighted by Crippen LogP contribution is 2.29. The number of benzene rings is 1. The minimum Gasteiger partial charge on any atom is -0.351 e. The first-order chi connectivity index (χ1) is 13.1. The third-order valence-corrected chi connectivity index (χ3v) is 6.10. The van der Waals surface area contributed by atoms with Gasteiger partial charge in [-0.05, 0) is 54.9 Å². The highest BCUT2D eigenvalue weighted by Gasteiger charge is 2.28. The number of aromatic nitrogens is 2. The fourth-order valence-electron chi connectivity index (χ4n) is 3.44. The van der Waals surface area contributed by atoms with Gasteiger partial charge in [-0.25, -0.2) is 4.68 Å². The molecule has 3 aromatic rings. The van der Waals surface area contributed by atoms with Crippen molar-refractivity contribution in [2.45, 2.75) is 19.8 Å². The summed E-state index contributed by atoms with van der Waals surface area (Å²) < 4.78 is 1.79. The third-order valence-electron chi connectivity index (χ3n) is 5.22. The standard InChI is InChI=1S/C21H24N4OS.ClH/c1-21(9-11-22-12-10-21)15-23-20(26)17-14-25(16-6-3-2-4-7-16)24-19(17)18-8-5-13-27-18;/h2-8,13-14,22H,9-12,15H2,1H3,(H,23,26);1H. The van der Waals surface area contributed by atoms with Gasteiger partial charge in [0.25, 0.3) is 5.91 Å². The highest BCUT2D eigenvalue weighted by atomic mass is 35.5. The van der Waals surface area contributed by atoms with E-state index in [1.165, 1.54) is 0 Å². The smallest absolute Gasteiger partial charge is 0.255 e. The first-order valence-electron chi connectivity index (χ1n) is 9.33. The number of amides is 1. The molecule has 148 valence electrons. The molecule has 0 unspecified atom stereocenters. The molecule has 1 aromatic carbocycles. The van der Waals surface area contributed by atoms with Crippen LogP contribution in [0.4, 0.5) is 0 Å². The molecule has 4 rings (SSSR count). The third kappa shape index (κ3) is 4.46. The van der Waals surface area contributed by atoms with Crippen LogP contribution in [0.1, 0.15) is 30.1 Å². The van der Waals surface area contributed by atoms with Gasteiger partial charge in [-0.15, -0.1) is 23.7 Å². The zero-order chi connectivity index (χ0) is 18.7. The summed E-state index contributed by atoms with van der Waals surface area (Å²) in [6, 6.07) is 13.9. The number of nitrogens with zero attached hydrogens (tertiary/aromatic N) is 2. The van der Waals surface area contributed by atoms with E-state index >= 15 is 0 Å². The maximum Gasteiger partial charge on any atom is 0.255 e. The van der Waals surface area contributed by atoms with Crippen LogP contribution in [0.2, 0.25) is 0 Å². The van der Waals surface area contributed by atoms with Gasteiger partial charge in [0.05, 0.1) is 16.1 Å². The Morgan fingerprint density at radius 2 is 1.96 bits per heavy atom. The monoisotopic (exact) mass is 416 g/mol. The predicted octanol–water partition coefficient (Wildman–Crippen LogP) is 4.14. The molecule has 2 N–H and O–H groups in total. The van der Waals surface area contributed by atoms with Crippen LogP contribution in [0, 0.1) is 5.41 Å². The number of hydrogen-bond donors (Lipinski definition) is 2. The second kappa shape index (κ2) is 8.90. The number of hydrogen-bond acceptors (Lipinski definition) is 4. The van der Waals surface area contributed by atoms with E-state index in [1.807, 2.05) is 54.0 Å². The minimum absolute atomic E-state index is 0. The number of halogens is 1. The lowest BCUT2D eigenvalue weighted by Gasteiger charge is -2.34. The molecule has 2 aromatic heterocycles. The van der Waals surface area contributed by atoms with Crippen LogP contribution in [-0.4, -0.2) is 35.3 Å². The summed E-state index contributed by atoms with van der Waals surface area (Å²) in [4.78, 5) is 14.0. The first-order valence-corrected chi connectivity index (χ1v) is 10.2. The van der Waals surface area contributed by atoms with Crippen LogP contribution < -0.4 is 10.6 Å². The normalized spacial score (nSPS) is 15.6. The Morgan fingerprint density at radius 3 is 2.64 bits per heavy atom. The van der Waals surface area contributed by atoms with Gasteiger partial charge in [0.15, 0.2) is 0 Å². The molecule has 0 saturated carbocycles. The van der Waals surface area contributed by atoms with Crippen LogP contribution in [0.3, 0.4) is 0 Å². The quantitative estimate of drug-likeness (QED) is 0.657. The van der Waals surface area contributed by atoms with Crippen molar-refractivity contribution in [1.82, 2.24) is 20.4 Å². The largest absolute Gasteiger partial charge is 0.351 e. The number of para-hydroxylation sites is 1. The average molecular weight is 417 g/mol. The summed E-state index contributed by atoms with van der Waals surface area (Å²) in [5.74, 6) is -0.0552. The van der Waals surface area contributed by atoms with Crippen molar-refractivity contribution in [2.75, 3.05) is 19.6 Å². The lowest BCUT2D eigenvalue weighted by Crippen LogP contribution is -2.42. The molecule has 1 aliphatic heterocycles. The Balaban J connectivity index is 0.00000225. The molecule has 0 radical (unpaired) electrons. The zero-order valence-corrected chi connectivity index (χ0v) is 17.5. The van der Waals surface area contributed by atoms with Crippen molar-refractivity contribution in [3.63, 3.8) is 0 Å². The summed E-state index contributed by atoms with van der Waals surface area (Å²) in [6.07, 6.45) is 3.99. The Hall–Kier alpha value is -2.15. The molecule has 0 aliphatic carbocycles. The molecular formula is C21H25ClN4OS. The number of carbonyl (C=O) groups excluding carboxylic acids is 1. The summed E-state index contributed by atoms with van der Waals surface area (Å²) in [6.45, 7) is 4.97. The second-order valence-electron chi connectivity index (χ2n) is 7.39. The van der Waals surface area contributed by atoms with Gasteiger partial charge in [0, 0.05) is 12.7 Å². The Morgan fingerprint density at radius 1 is 1.21 bits per heavy atom. The molecule has 28 heavy (non-hydrogen) atoms. The van der Waals surface area contributed by atoms with Crippen LogP contribution >= 0.6 is 23.7 Å². The van der Waals surface area contributed by atoms with Crippen molar-refractivity contribution in [3.8, 4) is 16.3 Å². The molecule has 1 fully saturated rings. The van der Waals surface area contributed by atoms with Crippen LogP contribution in [0.5, 0.6) is 0 Å². The van der Waals surface area contributed by atoms with Gasteiger partial charge in [-0.3, -0.25) is 4.79 Å². The molecule has 1 saturated heterocycles. The molecule has 0 spiro atoms. The van der Waals surface area contributed by atoms with E-state index in [0.717, 1.165) is 42.2 Å². The van der Waals surface area contributed by atoms with E-state index in [1.54, 1.807) is 16.0 Å². The lowest BCUT2D eigenvalue weighted by atomic mass is 9.81. The fraction of sp³-hybridized carbons (Fsp3) is 0.333. The summed E-state index contributed by atoms with van der Waals surface area (Å²) >= 11 is 1.60. The number of piperidine rings is 1. The van der Waals surface area contributed by atoms with Crippen molar-refractivity contribution in [1.29, 1.82) is 0 Å². The van der Waals surface area contributed by atoms with E-state index in [0.29, 0.717) is 12.1 Å². The fourth-order valence-corrected chi connectivity index (χ4v) is 4.17. The number of nitrogens with one attached hydrogen (secondary N) is 2. The second-order valence-corrected chi connectivity index (χ2v) is 8.34. The zero-order valence-electron chi connectivity index (χ0n) is 15.9. The summed E-state index contributed by atoms with van der Waals surface area (Å²) in [5.41, 5.74) is 2.46. The van der Waals surface area contributed by atoms with Crippen molar-refractivity contribution in [3.05, 3.63) is 59.6 Å². The maximum absolute atomic E-state index is 13.0. The van der Waals surface area contributed by atoms with Gasteiger partial charge in [0.1, 0.15) is 5.69 Å². The van der Waals surface area contributed by atoms with Crippen molar-refractivity contribution < 1.29 is 4.79 Å². The van der Waals surface area contributed by atoms with Crippen LogP contribution in [0.25, 0.3) is 16.3 Å². The van der Waals surface area contributed by atoms with Gasteiger partial charge in [-0.2, -0.15) is 5.10 Å². The topological polar surface area (TPSA) is 59.0 Å². The van der Waals surface area contributed by atoms with E-state index < -0.39 is 0 Å². The lowest BCUT2D eigenvalue weighted by molar-refractivity contribution is 0.0923. The minimum atomic E-state index is -0.0552. The van der Waals surface area contributed by atoms with E-state index in [4.69, 9.17) is 5.10 Å². The van der Waals surface area contributed by atoms with Gasteiger partial charge >= 0.3 is 0 Å². The van der Waals surface area contributed by atoms with Crippen LogP contribution in [-0.2, 0) is 0 Å². The van der Waals surface area contributed by atoms with E-state index in [9.17, 15) is 4.79 Å². The molecule has 1 aliphatic rings. The maximum atomic E-state index is 13.0. The molecule has 5 nitrogen and oxygen atoms in total. The Kier molecular flexibility index (Phi) is 6.54. The predicted molar refractivity (Wildman–Crippen MR) is 117 cm³/mol. The molecule has 3 heterocycles. The molecular weight excluding hydrogens is 392 g/mol. The number of thiophene rings is 1. The average Bonchev–Trinajstić information content (AvgIpc) is 3.37. The van der Waals surface area contributed by atoms with Gasteiger partial charge in [0.2, 0.25) is 0 Å². The number of rotatable bonds is 5. The summed E-state index contributed by atoms with van der Waals surface area (Å²) in [7, 11) is 0. The summed E-state index contributed by atoms with van der Waals surface area (Å²) in [5, 5.41) is 13.3. The molecule has 0 atom stereocenters. The molecule has 1 amide bonds. The van der Waals surface area contributed by atoms with Crippen molar-refractivity contribution >= 4 is 29.7 Å². The first kappa shape index (κ1) is 20.6. The molecule has 7 heteroatoms. The van der Waals surface area contributed by atoms with Crippen molar-refractivity contribution in [2.24, 2.45) is 5.41 Å². The Labute approximate surface area is 175 Å². The SMILES string of the molecule is CC1(CNC(=O)c2cn(-c3ccccc3)nc2-c2cccs2)CCNCC1.Cl.